The van der Waals surface area contributed by atoms with E-state index in [0.717, 1.165) is 11.1 Å². The number of carbonyl (C=O) groups excluding carboxylic acids is 1. The Morgan fingerprint density at radius 2 is 2.19 bits per heavy atom. The molecule has 21 heavy (non-hydrogen) atoms. The van der Waals surface area contributed by atoms with E-state index in [0.29, 0.717) is 30.8 Å². The van der Waals surface area contributed by atoms with Crippen LogP contribution in [-0.2, 0) is 13.0 Å². The molecule has 0 fully saturated rings. The molecule has 1 aliphatic heterocycles. The Bertz CT molecular complexity index is 720. The number of fused-ring (bicyclic) bond motifs is 1. The summed E-state index contributed by atoms with van der Waals surface area (Å²) >= 11 is 0. The third-order valence-electron chi connectivity index (χ3n) is 3.62. The van der Waals surface area contributed by atoms with E-state index in [1.54, 1.807) is 30.0 Å². The zero-order valence-corrected chi connectivity index (χ0v) is 11.5. The van der Waals surface area contributed by atoms with E-state index in [-0.39, 0.29) is 11.7 Å². The second-order valence-electron chi connectivity index (χ2n) is 5.06. The number of nitrogens with zero attached hydrogens (tertiary/aromatic N) is 2. The molecule has 0 saturated carbocycles. The lowest BCUT2D eigenvalue weighted by molar-refractivity contribution is 0.0686. The van der Waals surface area contributed by atoms with Gasteiger partial charge in [-0.3, -0.25) is 4.79 Å². The summed E-state index contributed by atoms with van der Waals surface area (Å²) < 4.78 is 4.99. The van der Waals surface area contributed by atoms with Crippen LogP contribution in [0.1, 0.15) is 37.7 Å². The van der Waals surface area contributed by atoms with Crippen LogP contribution in [-0.4, -0.2) is 33.6 Å². The van der Waals surface area contributed by atoms with Crippen molar-refractivity contribution in [2.24, 2.45) is 0 Å². The molecule has 0 aliphatic carbocycles. The lowest BCUT2D eigenvalue weighted by atomic mass is 9.94. The van der Waals surface area contributed by atoms with Gasteiger partial charge in [0.05, 0.1) is 11.3 Å². The van der Waals surface area contributed by atoms with Crippen LogP contribution in [0.5, 0.6) is 0 Å². The molecule has 0 spiro atoms. The molecule has 0 unspecified atom stereocenters. The molecule has 0 atom stereocenters. The number of aryl methyl sites for hydroxylation is 1. The van der Waals surface area contributed by atoms with Crippen molar-refractivity contribution in [1.82, 2.24) is 10.1 Å². The summed E-state index contributed by atoms with van der Waals surface area (Å²) in [5.41, 5.74) is 2.65. The standard InChI is InChI=1S/C15H14N2O4/c1-9-7-13(21-16-9)14(18)17-6-5-11-10(8-17)3-2-4-12(11)15(19)20/h2-4,7H,5-6,8H2,1H3,(H,19,20). The number of rotatable bonds is 2. The van der Waals surface area contributed by atoms with Gasteiger partial charge >= 0.3 is 5.97 Å². The Labute approximate surface area is 121 Å². The Kier molecular flexibility index (Phi) is 3.21. The van der Waals surface area contributed by atoms with Gasteiger partial charge in [-0.05, 0) is 30.5 Å². The highest BCUT2D eigenvalue weighted by Crippen LogP contribution is 2.24. The molecule has 0 saturated heterocycles. The van der Waals surface area contributed by atoms with Crippen molar-refractivity contribution in [2.75, 3.05) is 6.54 Å². The van der Waals surface area contributed by atoms with E-state index < -0.39 is 5.97 Å². The van der Waals surface area contributed by atoms with E-state index in [9.17, 15) is 14.7 Å². The summed E-state index contributed by atoms with van der Waals surface area (Å²) in [6.07, 6.45) is 0.524. The van der Waals surface area contributed by atoms with Gasteiger partial charge in [-0.1, -0.05) is 17.3 Å². The van der Waals surface area contributed by atoms with Gasteiger partial charge in [0.2, 0.25) is 5.76 Å². The van der Waals surface area contributed by atoms with E-state index in [2.05, 4.69) is 5.16 Å². The summed E-state index contributed by atoms with van der Waals surface area (Å²) in [5.74, 6) is -0.940. The highest BCUT2D eigenvalue weighted by atomic mass is 16.5. The van der Waals surface area contributed by atoms with Crippen molar-refractivity contribution < 1.29 is 19.2 Å². The minimum Gasteiger partial charge on any atom is -0.478 e. The lowest BCUT2D eigenvalue weighted by Gasteiger charge is -2.28. The number of carbonyl (C=O) groups is 2. The van der Waals surface area contributed by atoms with E-state index in [4.69, 9.17) is 4.52 Å². The van der Waals surface area contributed by atoms with Crippen LogP contribution in [0, 0.1) is 6.92 Å². The molecule has 2 heterocycles. The predicted octanol–water partition coefficient (Wildman–Crippen LogP) is 1.88. The van der Waals surface area contributed by atoms with E-state index in [1.165, 1.54) is 0 Å². The summed E-state index contributed by atoms with van der Waals surface area (Å²) in [4.78, 5) is 25.2. The monoisotopic (exact) mass is 286 g/mol. The van der Waals surface area contributed by atoms with Crippen LogP contribution >= 0.6 is 0 Å². The Morgan fingerprint density at radius 3 is 2.86 bits per heavy atom. The number of aromatic carboxylic acids is 1. The number of amides is 1. The van der Waals surface area contributed by atoms with Gasteiger partial charge in [0, 0.05) is 19.2 Å². The topological polar surface area (TPSA) is 83.6 Å². The van der Waals surface area contributed by atoms with Gasteiger partial charge in [0.25, 0.3) is 5.91 Å². The van der Waals surface area contributed by atoms with Crippen molar-refractivity contribution >= 4 is 11.9 Å². The molecule has 2 aromatic rings. The first kappa shape index (κ1) is 13.4. The van der Waals surface area contributed by atoms with Crippen LogP contribution in [0.15, 0.2) is 28.8 Å². The molecule has 1 aliphatic rings. The van der Waals surface area contributed by atoms with Gasteiger partial charge in [-0.15, -0.1) is 0 Å². The maximum atomic E-state index is 12.3. The Hall–Kier alpha value is -2.63. The molecule has 0 bridgehead atoms. The number of carboxylic acid groups (broad SMARTS) is 1. The highest BCUT2D eigenvalue weighted by molar-refractivity contribution is 5.92. The fraction of sp³-hybridized carbons (Fsp3) is 0.267. The van der Waals surface area contributed by atoms with Crippen LogP contribution in [0.3, 0.4) is 0 Å². The summed E-state index contributed by atoms with van der Waals surface area (Å²) in [5, 5.41) is 12.9. The second-order valence-corrected chi connectivity index (χ2v) is 5.06. The third kappa shape index (κ3) is 2.40. The quantitative estimate of drug-likeness (QED) is 0.911. The SMILES string of the molecule is Cc1cc(C(=O)N2CCc3c(cccc3C(=O)O)C2)on1. The van der Waals surface area contributed by atoms with Crippen molar-refractivity contribution in [2.45, 2.75) is 19.9 Å². The maximum absolute atomic E-state index is 12.3. The maximum Gasteiger partial charge on any atom is 0.335 e. The average molecular weight is 286 g/mol. The first-order valence-corrected chi connectivity index (χ1v) is 6.63. The van der Waals surface area contributed by atoms with Crippen molar-refractivity contribution in [3.63, 3.8) is 0 Å². The number of hydrogen-bond donors (Lipinski definition) is 1. The molecule has 1 N–H and O–H groups in total. The van der Waals surface area contributed by atoms with Crippen molar-refractivity contribution in [1.29, 1.82) is 0 Å². The van der Waals surface area contributed by atoms with Crippen LogP contribution in [0.25, 0.3) is 0 Å². The molecule has 1 amide bonds. The van der Waals surface area contributed by atoms with Crippen molar-refractivity contribution in [3.8, 4) is 0 Å². The van der Waals surface area contributed by atoms with Gasteiger partial charge in [0.15, 0.2) is 0 Å². The first-order chi connectivity index (χ1) is 10.1. The molecule has 108 valence electrons. The molecule has 6 nitrogen and oxygen atoms in total. The summed E-state index contributed by atoms with van der Waals surface area (Å²) in [6.45, 7) is 2.61. The van der Waals surface area contributed by atoms with Gasteiger partial charge < -0.3 is 14.5 Å². The van der Waals surface area contributed by atoms with Crippen LogP contribution < -0.4 is 0 Å². The predicted molar refractivity (Wildman–Crippen MR) is 73.1 cm³/mol. The second kappa shape index (κ2) is 5.05. The minimum atomic E-state index is -0.933. The number of carboxylic acids is 1. The summed E-state index contributed by atoms with van der Waals surface area (Å²) in [6, 6.07) is 6.76. The number of benzene rings is 1. The van der Waals surface area contributed by atoms with Crippen molar-refractivity contribution in [3.05, 3.63) is 52.4 Å². The normalized spacial score (nSPS) is 13.9. The van der Waals surface area contributed by atoms with Gasteiger partial charge in [0.1, 0.15) is 0 Å². The van der Waals surface area contributed by atoms with Gasteiger partial charge in [-0.25, -0.2) is 4.79 Å². The highest BCUT2D eigenvalue weighted by Gasteiger charge is 2.26. The fourth-order valence-corrected chi connectivity index (χ4v) is 2.60. The third-order valence-corrected chi connectivity index (χ3v) is 3.62. The molecular weight excluding hydrogens is 272 g/mol. The smallest absolute Gasteiger partial charge is 0.335 e. The lowest BCUT2D eigenvalue weighted by Crippen LogP contribution is -2.36. The number of aromatic nitrogens is 1. The van der Waals surface area contributed by atoms with E-state index in [1.807, 2.05) is 6.07 Å². The van der Waals surface area contributed by atoms with Crippen LogP contribution in [0.4, 0.5) is 0 Å². The zero-order chi connectivity index (χ0) is 15.0. The molecule has 1 aromatic heterocycles. The molecule has 0 radical (unpaired) electrons. The number of hydrogen-bond acceptors (Lipinski definition) is 4. The minimum absolute atomic E-state index is 0.213. The summed E-state index contributed by atoms with van der Waals surface area (Å²) in [7, 11) is 0. The average Bonchev–Trinajstić information content (AvgIpc) is 2.91. The molecular formula is C15H14N2O4. The zero-order valence-electron chi connectivity index (χ0n) is 11.5. The largest absolute Gasteiger partial charge is 0.478 e. The molecule has 6 heteroatoms. The fourth-order valence-electron chi connectivity index (χ4n) is 2.60. The molecule has 3 rings (SSSR count). The Balaban J connectivity index is 1.86. The Morgan fingerprint density at radius 1 is 1.38 bits per heavy atom. The van der Waals surface area contributed by atoms with Crippen LogP contribution in [0.2, 0.25) is 0 Å². The van der Waals surface area contributed by atoms with Gasteiger partial charge in [-0.2, -0.15) is 0 Å². The van der Waals surface area contributed by atoms with E-state index >= 15 is 0 Å². The molecule has 1 aromatic carbocycles. The first-order valence-electron chi connectivity index (χ1n) is 6.63.